The molecule has 0 unspecified atom stereocenters. The van der Waals surface area contributed by atoms with Gasteiger partial charge in [0.1, 0.15) is 5.75 Å². The third kappa shape index (κ3) is 3.99. The number of nitrogens with one attached hydrogen (secondary N) is 1. The van der Waals surface area contributed by atoms with Crippen LogP contribution >= 0.6 is 11.6 Å². The number of halogens is 1. The molecule has 0 saturated heterocycles. The number of carbonyl (C=O) groups is 1. The van der Waals surface area contributed by atoms with Gasteiger partial charge in [-0.2, -0.15) is 0 Å². The van der Waals surface area contributed by atoms with Crippen molar-refractivity contribution in [1.82, 2.24) is 0 Å². The standard InChI is InChI=1S/C17H18ClNO2/c1-11-4-6-14(10-15(11)18)19-17(20)9-13-5-7-16(21-3)12(2)8-13/h4-8,10H,9H2,1-3H3,(H,19,20). The third-order valence-electron chi connectivity index (χ3n) is 3.28. The molecule has 0 heterocycles. The Morgan fingerprint density at radius 1 is 1.14 bits per heavy atom. The van der Waals surface area contributed by atoms with Gasteiger partial charge in [0.15, 0.2) is 0 Å². The summed E-state index contributed by atoms with van der Waals surface area (Å²) in [7, 11) is 1.63. The lowest BCUT2D eigenvalue weighted by Crippen LogP contribution is -2.14. The van der Waals surface area contributed by atoms with Gasteiger partial charge in [-0.3, -0.25) is 4.79 Å². The number of amides is 1. The molecule has 0 aromatic heterocycles. The summed E-state index contributed by atoms with van der Waals surface area (Å²) in [5, 5.41) is 3.50. The first-order chi connectivity index (χ1) is 9.99. The number of hydrogen-bond donors (Lipinski definition) is 1. The van der Waals surface area contributed by atoms with Crippen molar-refractivity contribution in [3.05, 3.63) is 58.1 Å². The second-order valence-corrected chi connectivity index (χ2v) is 5.40. The predicted octanol–water partition coefficient (Wildman–Crippen LogP) is 4.15. The molecule has 0 aliphatic carbocycles. The first-order valence-electron chi connectivity index (χ1n) is 6.69. The highest BCUT2D eigenvalue weighted by atomic mass is 35.5. The Labute approximate surface area is 129 Å². The van der Waals surface area contributed by atoms with E-state index < -0.39 is 0 Å². The molecule has 0 fully saturated rings. The second-order valence-electron chi connectivity index (χ2n) is 4.99. The van der Waals surface area contributed by atoms with E-state index in [0.717, 1.165) is 22.4 Å². The van der Waals surface area contributed by atoms with E-state index in [1.54, 1.807) is 13.2 Å². The Hall–Kier alpha value is -2.00. The van der Waals surface area contributed by atoms with Gasteiger partial charge in [0, 0.05) is 10.7 Å². The summed E-state index contributed by atoms with van der Waals surface area (Å²) in [6.07, 6.45) is 0.316. The van der Waals surface area contributed by atoms with E-state index >= 15 is 0 Å². The fourth-order valence-corrected chi connectivity index (χ4v) is 2.29. The van der Waals surface area contributed by atoms with E-state index in [2.05, 4.69) is 5.32 Å². The van der Waals surface area contributed by atoms with Crippen molar-refractivity contribution >= 4 is 23.2 Å². The van der Waals surface area contributed by atoms with E-state index in [9.17, 15) is 4.79 Å². The zero-order valence-electron chi connectivity index (χ0n) is 12.4. The van der Waals surface area contributed by atoms with E-state index in [1.165, 1.54) is 0 Å². The van der Waals surface area contributed by atoms with Crippen LogP contribution in [0.5, 0.6) is 5.75 Å². The summed E-state index contributed by atoms with van der Waals surface area (Å²) < 4.78 is 5.21. The third-order valence-corrected chi connectivity index (χ3v) is 3.69. The van der Waals surface area contributed by atoms with Gasteiger partial charge in [0.25, 0.3) is 0 Å². The molecule has 2 aromatic rings. The van der Waals surface area contributed by atoms with Gasteiger partial charge in [-0.05, 0) is 48.7 Å². The Kier molecular flexibility index (Phi) is 4.86. The van der Waals surface area contributed by atoms with Gasteiger partial charge in [0.2, 0.25) is 5.91 Å². The van der Waals surface area contributed by atoms with Crippen LogP contribution in [0.1, 0.15) is 16.7 Å². The average molecular weight is 304 g/mol. The first kappa shape index (κ1) is 15.4. The summed E-state index contributed by atoms with van der Waals surface area (Å²) in [4.78, 5) is 12.1. The van der Waals surface area contributed by atoms with E-state index in [0.29, 0.717) is 17.1 Å². The summed E-state index contributed by atoms with van der Waals surface area (Å²) in [5.41, 5.74) is 3.66. The molecule has 2 aromatic carbocycles. The van der Waals surface area contributed by atoms with Crippen LogP contribution in [0.25, 0.3) is 0 Å². The van der Waals surface area contributed by atoms with E-state index in [1.807, 2.05) is 44.2 Å². The molecule has 2 rings (SSSR count). The lowest BCUT2D eigenvalue weighted by molar-refractivity contribution is -0.115. The highest BCUT2D eigenvalue weighted by Gasteiger charge is 2.07. The molecule has 1 amide bonds. The Bertz CT molecular complexity index is 668. The van der Waals surface area contributed by atoms with Crippen LogP contribution in [0.4, 0.5) is 5.69 Å². The molecule has 1 N–H and O–H groups in total. The van der Waals surface area contributed by atoms with Crippen molar-refractivity contribution in [3.63, 3.8) is 0 Å². The molecule has 21 heavy (non-hydrogen) atoms. The molecule has 0 bridgehead atoms. The van der Waals surface area contributed by atoms with Crippen LogP contribution in [0.3, 0.4) is 0 Å². The zero-order valence-corrected chi connectivity index (χ0v) is 13.1. The minimum Gasteiger partial charge on any atom is -0.496 e. The molecular weight excluding hydrogens is 286 g/mol. The number of hydrogen-bond acceptors (Lipinski definition) is 2. The van der Waals surface area contributed by atoms with Crippen LogP contribution in [0.2, 0.25) is 5.02 Å². The van der Waals surface area contributed by atoms with Crippen LogP contribution in [-0.4, -0.2) is 13.0 Å². The summed E-state index contributed by atoms with van der Waals surface area (Å²) in [5.74, 6) is 0.754. The quantitative estimate of drug-likeness (QED) is 0.921. The van der Waals surface area contributed by atoms with E-state index in [4.69, 9.17) is 16.3 Å². The molecule has 0 atom stereocenters. The van der Waals surface area contributed by atoms with Crippen molar-refractivity contribution in [2.75, 3.05) is 12.4 Å². The second kappa shape index (κ2) is 6.64. The summed E-state index contributed by atoms with van der Waals surface area (Å²) in [6.45, 7) is 3.88. The van der Waals surface area contributed by atoms with Crippen molar-refractivity contribution < 1.29 is 9.53 Å². The topological polar surface area (TPSA) is 38.3 Å². The van der Waals surface area contributed by atoms with Gasteiger partial charge in [-0.25, -0.2) is 0 Å². The van der Waals surface area contributed by atoms with Crippen LogP contribution in [0, 0.1) is 13.8 Å². The monoisotopic (exact) mass is 303 g/mol. The molecule has 4 heteroatoms. The molecule has 0 saturated carbocycles. The van der Waals surface area contributed by atoms with Crippen LogP contribution in [-0.2, 0) is 11.2 Å². The molecule has 0 radical (unpaired) electrons. The Morgan fingerprint density at radius 2 is 1.90 bits per heavy atom. The maximum Gasteiger partial charge on any atom is 0.228 e. The highest BCUT2D eigenvalue weighted by Crippen LogP contribution is 2.21. The van der Waals surface area contributed by atoms with E-state index in [-0.39, 0.29) is 5.91 Å². The number of benzene rings is 2. The molecule has 110 valence electrons. The van der Waals surface area contributed by atoms with Crippen LogP contribution in [0.15, 0.2) is 36.4 Å². The first-order valence-corrected chi connectivity index (χ1v) is 7.07. The van der Waals surface area contributed by atoms with Gasteiger partial charge in [-0.15, -0.1) is 0 Å². The predicted molar refractivity (Wildman–Crippen MR) is 86.3 cm³/mol. The number of anilines is 1. The summed E-state index contributed by atoms with van der Waals surface area (Å²) >= 11 is 6.05. The van der Waals surface area contributed by atoms with Crippen molar-refractivity contribution in [1.29, 1.82) is 0 Å². The number of carbonyl (C=O) groups excluding carboxylic acids is 1. The fraction of sp³-hybridized carbons (Fsp3) is 0.235. The number of methoxy groups -OCH3 is 1. The largest absolute Gasteiger partial charge is 0.496 e. The normalized spacial score (nSPS) is 10.3. The molecule has 0 spiro atoms. The fourth-order valence-electron chi connectivity index (χ4n) is 2.11. The van der Waals surface area contributed by atoms with Gasteiger partial charge < -0.3 is 10.1 Å². The highest BCUT2D eigenvalue weighted by molar-refractivity contribution is 6.31. The SMILES string of the molecule is COc1ccc(CC(=O)Nc2ccc(C)c(Cl)c2)cc1C. The van der Waals surface area contributed by atoms with Crippen molar-refractivity contribution in [3.8, 4) is 5.75 Å². The minimum atomic E-state index is -0.0699. The molecule has 3 nitrogen and oxygen atoms in total. The number of ether oxygens (including phenoxy) is 1. The molecule has 0 aliphatic heterocycles. The number of rotatable bonds is 4. The zero-order chi connectivity index (χ0) is 15.4. The van der Waals surface area contributed by atoms with Gasteiger partial charge >= 0.3 is 0 Å². The lowest BCUT2D eigenvalue weighted by atomic mass is 10.1. The van der Waals surface area contributed by atoms with Crippen LogP contribution < -0.4 is 10.1 Å². The average Bonchev–Trinajstić information content (AvgIpc) is 2.43. The minimum absolute atomic E-state index is 0.0699. The molecule has 0 aliphatic rings. The Balaban J connectivity index is 2.04. The summed E-state index contributed by atoms with van der Waals surface area (Å²) in [6, 6.07) is 11.2. The Morgan fingerprint density at radius 3 is 2.52 bits per heavy atom. The van der Waals surface area contributed by atoms with Crippen molar-refractivity contribution in [2.45, 2.75) is 20.3 Å². The maximum absolute atomic E-state index is 12.1. The maximum atomic E-state index is 12.1. The smallest absolute Gasteiger partial charge is 0.228 e. The number of aryl methyl sites for hydroxylation is 2. The van der Waals surface area contributed by atoms with Gasteiger partial charge in [-0.1, -0.05) is 29.8 Å². The lowest BCUT2D eigenvalue weighted by Gasteiger charge is -2.09. The van der Waals surface area contributed by atoms with Crippen molar-refractivity contribution in [2.24, 2.45) is 0 Å². The molecular formula is C17H18ClNO2. The van der Waals surface area contributed by atoms with Gasteiger partial charge in [0.05, 0.1) is 13.5 Å².